The number of nitrogens with zero attached hydrogens (tertiary/aromatic N) is 2. The van der Waals surface area contributed by atoms with Crippen LogP contribution < -0.4 is 10.6 Å². The van der Waals surface area contributed by atoms with Crippen LogP contribution >= 0.6 is 0 Å². The number of aryl methyl sites for hydroxylation is 1. The second-order valence-electron chi connectivity index (χ2n) is 4.51. The summed E-state index contributed by atoms with van der Waals surface area (Å²) in [6, 6.07) is 2.10. The van der Waals surface area contributed by atoms with Gasteiger partial charge in [-0.2, -0.15) is 0 Å². The van der Waals surface area contributed by atoms with Crippen molar-refractivity contribution in [1.82, 2.24) is 4.98 Å². The Kier molecular flexibility index (Phi) is 7.40. The van der Waals surface area contributed by atoms with E-state index in [-0.39, 0.29) is 0 Å². The van der Waals surface area contributed by atoms with Crippen LogP contribution in [0.4, 0.5) is 5.82 Å². The van der Waals surface area contributed by atoms with Crippen molar-refractivity contribution in [1.29, 1.82) is 0 Å². The van der Waals surface area contributed by atoms with E-state index in [9.17, 15) is 0 Å². The van der Waals surface area contributed by atoms with Crippen molar-refractivity contribution in [3.05, 3.63) is 23.4 Å². The fraction of sp³-hybridized carbons (Fsp3) is 0.643. The highest BCUT2D eigenvalue weighted by Crippen LogP contribution is 2.18. The molecule has 0 fully saturated rings. The van der Waals surface area contributed by atoms with Crippen molar-refractivity contribution in [3.63, 3.8) is 0 Å². The highest BCUT2D eigenvalue weighted by atomic mass is 16.5. The van der Waals surface area contributed by atoms with E-state index in [0.29, 0.717) is 13.2 Å². The molecule has 0 aliphatic carbocycles. The first-order chi connectivity index (χ1) is 9.22. The first kappa shape index (κ1) is 15.9. The lowest BCUT2D eigenvalue weighted by atomic mass is 10.2. The van der Waals surface area contributed by atoms with Gasteiger partial charge in [0.15, 0.2) is 0 Å². The lowest BCUT2D eigenvalue weighted by Crippen LogP contribution is -2.30. The molecule has 108 valence electrons. The number of hydrogen-bond acceptors (Lipinski definition) is 5. The molecule has 0 saturated carbocycles. The van der Waals surface area contributed by atoms with E-state index in [2.05, 4.69) is 22.9 Å². The number of nitrogens with two attached hydrogens (primary N) is 1. The monoisotopic (exact) mass is 267 g/mol. The van der Waals surface area contributed by atoms with E-state index in [0.717, 1.165) is 43.1 Å². The smallest absolute Gasteiger partial charge is 0.131 e. The Morgan fingerprint density at radius 2 is 1.95 bits per heavy atom. The van der Waals surface area contributed by atoms with Crippen molar-refractivity contribution in [2.45, 2.75) is 19.9 Å². The molecule has 1 aromatic rings. The molecule has 0 saturated heterocycles. The predicted octanol–water partition coefficient (Wildman–Crippen LogP) is 1.34. The zero-order valence-corrected chi connectivity index (χ0v) is 12.2. The molecule has 0 spiro atoms. The minimum Gasteiger partial charge on any atom is -0.385 e. The van der Waals surface area contributed by atoms with Gasteiger partial charge < -0.3 is 20.1 Å². The topological polar surface area (TPSA) is 60.6 Å². The Balaban J connectivity index is 2.77. The Morgan fingerprint density at radius 1 is 1.21 bits per heavy atom. The van der Waals surface area contributed by atoms with Gasteiger partial charge in [0.05, 0.1) is 6.61 Å². The van der Waals surface area contributed by atoms with E-state index in [4.69, 9.17) is 15.2 Å². The van der Waals surface area contributed by atoms with E-state index in [1.54, 1.807) is 14.2 Å². The summed E-state index contributed by atoms with van der Waals surface area (Å²) < 4.78 is 10.3. The number of hydrogen-bond donors (Lipinski definition) is 1. The Morgan fingerprint density at radius 3 is 2.53 bits per heavy atom. The van der Waals surface area contributed by atoms with Gasteiger partial charge in [-0.15, -0.1) is 0 Å². The molecule has 2 N–H and O–H groups in total. The molecule has 1 rings (SSSR count). The summed E-state index contributed by atoms with van der Waals surface area (Å²) in [5, 5.41) is 0. The Bertz CT molecular complexity index is 372. The van der Waals surface area contributed by atoms with Crippen LogP contribution in [0.3, 0.4) is 0 Å². The van der Waals surface area contributed by atoms with Crippen molar-refractivity contribution in [3.8, 4) is 0 Å². The summed E-state index contributed by atoms with van der Waals surface area (Å²) in [5.74, 6) is 1.00. The molecule has 0 radical (unpaired) electrons. The average Bonchev–Trinajstić information content (AvgIpc) is 2.43. The number of aromatic nitrogens is 1. The summed E-state index contributed by atoms with van der Waals surface area (Å²) in [4.78, 5) is 6.76. The van der Waals surface area contributed by atoms with Crippen molar-refractivity contribution in [2.24, 2.45) is 5.73 Å². The molecule has 0 aliphatic rings. The van der Waals surface area contributed by atoms with Gasteiger partial charge in [0.2, 0.25) is 0 Å². The minimum atomic E-state index is 0.524. The van der Waals surface area contributed by atoms with Crippen LogP contribution in [-0.4, -0.2) is 45.5 Å². The SMILES string of the molecule is COCCCN(CCOC)c1ncc(CN)cc1C. The van der Waals surface area contributed by atoms with Crippen molar-refractivity contribution < 1.29 is 9.47 Å². The van der Waals surface area contributed by atoms with Crippen LogP contribution in [0.25, 0.3) is 0 Å². The zero-order chi connectivity index (χ0) is 14.1. The van der Waals surface area contributed by atoms with Crippen LogP contribution in [-0.2, 0) is 16.0 Å². The van der Waals surface area contributed by atoms with Gasteiger partial charge in [0.1, 0.15) is 5.82 Å². The maximum Gasteiger partial charge on any atom is 0.131 e. The van der Waals surface area contributed by atoms with E-state index < -0.39 is 0 Å². The maximum atomic E-state index is 5.63. The molecular weight excluding hydrogens is 242 g/mol. The van der Waals surface area contributed by atoms with Gasteiger partial charge in [0.25, 0.3) is 0 Å². The van der Waals surface area contributed by atoms with Gasteiger partial charge in [-0.05, 0) is 30.5 Å². The molecular formula is C14H25N3O2. The number of ether oxygens (including phenoxy) is 2. The molecule has 0 aromatic carbocycles. The Hall–Kier alpha value is -1.17. The first-order valence-electron chi connectivity index (χ1n) is 6.61. The van der Waals surface area contributed by atoms with Gasteiger partial charge in [-0.25, -0.2) is 4.98 Å². The molecule has 19 heavy (non-hydrogen) atoms. The van der Waals surface area contributed by atoms with Gasteiger partial charge >= 0.3 is 0 Å². The number of rotatable bonds is 9. The third-order valence-electron chi connectivity index (χ3n) is 2.98. The molecule has 1 aromatic heterocycles. The second kappa shape index (κ2) is 8.85. The summed E-state index contributed by atoms with van der Waals surface area (Å²) in [6.07, 6.45) is 2.82. The molecule has 0 unspecified atom stereocenters. The third kappa shape index (κ3) is 5.14. The lowest BCUT2D eigenvalue weighted by molar-refractivity contribution is 0.191. The van der Waals surface area contributed by atoms with Crippen LogP contribution in [0.2, 0.25) is 0 Å². The predicted molar refractivity (Wildman–Crippen MR) is 77.4 cm³/mol. The fourth-order valence-electron chi connectivity index (χ4n) is 1.99. The largest absolute Gasteiger partial charge is 0.385 e. The minimum absolute atomic E-state index is 0.524. The van der Waals surface area contributed by atoms with Crippen LogP contribution in [0.1, 0.15) is 17.5 Å². The molecule has 0 atom stereocenters. The lowest BCUT2D eigenvalue weighted by Gasteiger charge is -2.25. The number of methoxy groups -OCH3 is 2. The third-order valence-corrected chi connectivity index (χ3v) is 2.98. The maximum absolute atomic E-state index is 5.63. The molecule has 0 aliphatic heterocycles. The van der Waals surface area contributed by atoms with Crippen molar-refractivity contribution in [2.75, 3.05) is 45.4 Å². The summed E-state index contributed by atoms with van der Waals surface area (Å²) in [6.45, 7) is 5.77. The quantitative estimate of drug-likeness (QED) is 0.684. The normalized spacial score (nSPS) is 10.7. The van der Waals surface area contributed by atoms with Crippen LogP contribution in [0.5, 0.6) is 0 Å². The number of pyridine rings is 1. The fourth-order valence-corrected chi connectivity index (χ4v) is 1.99. The summed E-state index contributed by atoms with van der Waals surface area (Å²) in [5.41, 5.74) is 7.84. The molecule has 0 amide bonds. The van der Waals surface area contributed by atoms with Gasteiger partial charge in [-0.3, -0.25) is 0 Å². The Labute approximate surface area is 115 Å². The van der Waals surface area contributed by atoms with E-state index >= 15 is 0 Å². The second-order valence-corrected chi connectivity index (χ2v) is 4.51. The van der Waals surface area contributed by atoms with Gasteiger partial charge in [0, 0.05) is 46.7 Å². The average molecular weight is 267 g/mol. The summed E-state index contributed by atoms with van der Waals surface area (Å²) >= 11 is 0. The van der Waals surface area contributed by atoms with Crippen molar-refractivity contribution >= 4 is 5.82 Å². The van der Waals surface area contributed by atoms with Gasteiger partial charge in [-0.1, -0.05) is 0 Å². The highest BCUT2D eigenvalue weighted by molar-refractivity contribution is 5.47. The van der Waals surface area contributed by atoms with E-state index in [1.165, 1.54) is 0 Å². The molecule has 1 heterocycles. The number of anilines is 1. The summed E-state index contributed by atoms with van der Waals surface area (Å²) in [7, 11) is 3.43. The first-order valence-corrected chi connectivity index (χ1v) is 6.61. The van der Waals surface area contributed by atoms with Crippen LogP contribution in [0, 0.1) is 6.92 Å². The van der Waals surface area contributed by atoms with Crippen LogP contribution in [0.15, 0.2) is 12.3 Å². The molecule has 5 nitrogen and oxygen atoms in total. The standard InChI is InChI=1S/C14H25N3O2/c1-12-9-13(10-15)11-16-14(12)17(6-8-19-3)5-4-7-18-2/h9,11H,4-8,10,15H2,1-3H3. The molecule has 0 bridgehead atoms. The zero-order valence-electron chi connectivity index (χ0n) is 12.2. The highest BCUT2D eigenvalue weighted by Gasteiger charge is 2.11. The molecule has 5 heteroatoms. The van der Waals surface area contributed by atoms with E-state index in [1.807, 2.05) is 6.20 Å².